The lowest BCUT2D eigenvalue weighted by molar-refractivity contribution is -0.119. The Morgan fingerprint density at radius 2 is 1.80 bits per heavy atom. The molecule has 2 nitrogen and oxygen atoms in total. The maximum atomic E-state index is 11.1. The Hall–Kier alpha value is -2.09. The van der Waals surface area contributed by atoms with Gasteiger partial charge in [-0.2, -0.15) is 0 Å². The van der Waals surface area contributed by atoms with E-state index in [4.69, 9.17) is 0 Å². The van der Waals surface area contributed by atoms with E-state index < -0.39 is 0 Å². The number of hydrogen-bond acceptors (Lipinski definition) is 1. The van der Waals surface area contributed by atoms with Crippen LogP contribution in [0.3, 0.4) is 0 Å². The van der Waals surface area contributed by atoms with E-state index in [2.05, 4.69) is 49.5 Å². The summed E-state index contributed by atoms with van der Waals surface area (Å²) in [6.07, 6.45) is 0. The molecule has 2 heteroatoms. The van der Waals surface area contributed by atoms with E-state index in [-0.39, 0.29) is 5.91 Å². The third kappa shape index (κ3) is 3.47. The standard InChI is InChI=1S/C18H21NO/c1-13(2)16-9-10-17(12-19-14(3)20)18(11-16)15-7-5-4-6-8-15/h4-11,13H,12H2,1-3H3,(H,19,20). The van der Waals surface area contributed by atoms with Crippen LogP contribution < -0.4 is 5.32 Å². The van der Waals surface area contributed by atoms with Crippen LogP contribution in [0.5, 0.6) is 0 Å². The molecule has 0 atom stereocenters. The zero-order valence-electron chi connectivity index (χ0n) is 12.3. The van der Waals surface area contributed by atoms with Gasteiger partial charge in [0.05, 0.1) is 0 Å². The molecule has 2 aromatic carbocycles. The molecule has 1 amide bonds. The summed E-state index contributed by atoms with van der Waals surface area (Å²) in [5, 5.41) is 2.88. The summed E-state index contributed by atoms with van der Waals surface area (Å²) in [5.41, 5.74) is 4.85. The Balaban J connectivity index is 2.43. The molecule has 2 aromatic rings. The van der Waals surface area contributed by atoms with Crippen LogP contribution in [0.2, 0.25) is 0 Å². The van der Waals surface area contributed by atoms with Crippen LogP contribution in [0.1, 0.15) is 37.8 Å². The van der Waals surface area contributed by atoms with Crippen molar-refractivity contribution in [2.75, 3.05) is 0 Å². The van der Waals surface area contributed by atoms with E-state index >= 15 is 0 Å². The summed E-state index contributed by atoms with van der Waals surface area (Å²) in [4.78, 5) is 11.1. The second-order valence-corrected chi connectivity index (χ2v) is 5.35. The van der Waals surface area contributed by atoms with Crippen LogP contribution in [-0.4, -0.2) is 5.91 Å². The number of amides is 1. The van der Waals surface area contributed by atoms with Gasteiger partial charge in [-0.25, -0.2) is 0 Å². The molecule has 0 aromatic heterocycles. The monoisotopic (exact) mass is 267 g/mol. The van der Waals surface area contributed by atoms with Crippen molar-refractivity contribution < 1.29 is 4.79 Å². The van der Waals surface area contributed by atoms with Crippen molar-refractivity contribution in [1.82, 2.24) is 5.32 Å². The molecular formula is C18H21NO. The molecule has 20 heavy (non-hydrogen) atoms. The molecular weight excluding hydrogens is 246 g/mol. The Bertz CT molecular complexity index is 588. The van der Waals surface area contributed by atoms with Gasteiger partial charge < -0.3 is 5.32 Å². The molecule has 0 unspecified atom stereocenters. The lowest BCUT2D eigenvalue weighted by Crippen LogP contribution is -2.19. The van der Waals surface area contributed by atoms with Crippen LogP contribution in [0.15, 0.2) is 48.5 Å². The first kappa shape index (κ1) is 14.3. The van der Waals surface area contributed by atoms with Crippen LogP contribution in [0.4, 0.5) is 0 Å². The number of nitrogens with one attached hydrogen (secondary N) is 1. The summed E-state index contributed by atoms with van der Waals surface area (Å²) in [7, 11) is 0. The normalized spacial score (nSPS) is 10.6. The van der Waals surface area contributed by atoms with Gasteiger partial charge in [-0.05, 0) is 28.2 Å². The summed E-state index contributed by atoms with van der Waals surface area (Å²) >= 11 is 0. The smallest absolute Gasteiger partial charge is 0.217 e. The Morgan fingerprint density at radius 3 is 2.40 bits per heavy atom. The SMILES string of the molecule is CC(=O)NCc1ccc(C(C)C)cc1-c1ccccc1. The first-order chi connectivity index (χ1) is 9.58. The molecule has 0 saturated carbocycles. The zero-order chi connectivity index (χ0) is 14.5. The number of carbonyl (C=O) groups is 1. The average molecular weight is 267 g/mol. The van der Waals surface area contributed by atoms with E-state index in [1.807, 2.05) is 18.2 Å². The van der Waals surface area contributed by atoms with Crippen molar-refractivity contribution in [2.45, 2.75) is 33.2 Å². The second-order valence-electron chi connectivity index (χ2n) is 5.35. The highest BCUT2D eigenvalue weighted by molar-refractivity contribution is 5.74. The summed E-state index contributed by atoms with van der Waals surface area (Å²) in [5.74, 6) is 0.490. The van der Waals surface area contributed by atoms with Crippen molar-refractivity contribution >= 4 is 5.91 Å². The predicted molar refractivity (Wildman–Crippen MR) is 83.5 cm³/mol. The van der Waals surface area contributed by atoms with Crippen molar-refractivity contribution in [3.63, 3.8) is 0 Å². The van der Waals surface area contributed by atoms with Crippen molar-refractivity contribution in [1.29, 1.82) is 0 Å². The minimum Gasteiger partial charge on any atom is -0.352 e. The number of carbonyl (C=O) groups excluding carboxylic acids is 1. The third-order valence-corrected chi connectivity index (χ3v) is 3.41. The largest absolute Gasteiger partial charge is 0.352 e. The first-order valence-electron chi connectivity index (χ1n) is 7.00. The lowest BCUT2D eigenvalue weighted by atomic mass is 9.93. The number of hydrogen-bond donors (Lipinski definition) is 1. The third-order valence-electron chi connectivity index (χ3n) is 3.41. The molecule has 104 valence electrons. The molecule has 0 heterocycles. The first-order valence-corrected chi connectivity index (χ1v) is 7.00. The Morgan fingerprint density at radius 1 is 1.10 bits per heavy atom. The Kier molecular flexibility index (Phi) is 4.57. The highest BCUT2D eigenvalue weighted by Crippen LogP contribution is 2.27. The van der Waals surface area contributed by atoms with Gasteiger partial charge in [0.2, 0.25) is 5.91 Å². The van der Waals surface area contributed by atoms with Crippen LogP contribution >= 0.6 is 0 Å². The molecule has 0 aliphatic heterocycles. The highest BCUT2D eigenvalue weighted by Gasteiger charge is 2.08. The van der Waals surface area contributed by atoms with Gasteiger partial charge in [0.15, 0.2) is 0 Å². The van der Waals surface area contributed by atoms with Gasteiger partial charge in [0.1, 0.15) is 0 Å². The van der Waals surface area contributed by atoms with Gasteiger partial charge in [0.25, 0.3) is 0 Å². The fourth-order valence-corrected chi connectivity index (χ4v) is 2.21. The van der Waals surface area contributed by atoms with Crippen molar-refractivity contribution in [3.8, 4) is 11.1 Å². The predicted octanol–water partition coefficient (Wildman–Crippen LogP) is 4.11. The summed E-state index contributed by atoms with van der Waals surface area (Å²) in [6, 6.07) is 16.8. The number of rotatable bonds is 4. The van der Waals surface area contributed by atoms with E-state index in [9.17, 15) is 4.79 Å². The Labute approximate surface area is 120 Å². The van der Waals surface area contributed by atoms with Gasteiger partial charge in [-0.15, -0.1) is 0 Å². The molecule has 0 aliphatic carbocycles. The molecule has 0 radical (unpaired) electrons. The van der Waals surface area contributed by atoms with Gasteiger partial charge in [0, 0.05) is 13.5 Å². The second kappa shape index (κ2) is 6.38. The van der Waals surface area contributed by atoms with E-state index in [0.29, 0.717) is 12.5 Å². The van der Waals surface area contributed by atoms with E-state index in [0.717, 1.165) is 5.56 Å². The molecule has 1 N–H and O–H groups in total. The van der Waals surface area contributed by atoms with Crippen molar-refractivity contribution in [3.05, 3.63) is 59.7 Å². The molecule has 0 aliphatic rings. The minimum absolute atomic E-state index is 0.00283. The lowest BCUT2D eigenvalue weighted by Gasteiger charge is -2.14. The maximum absolute atomic E-state index is 11.1. The summed E-state index contributed by atoms with van der Waals surface area (Å²) < 4.78 is 0. The molecule has 0 bridgehead atoms. The zero-order valence-corrected chi connectivity index (χ0v) is 12.3. The van der Waals surface area contributed by atoms with Gasteiger partial charge >= 0.3 is 0 Å². The molecule has 0 spiro atoms. The van der Waals surface area contributed by atoms with Crippen LogP contribution in [0, 0.1) is 0 Å². The minimum atomic E-state index is -0.00283. The van der Waals surface area contributed by atoms with Crippen molar-refractivity contribution in [2.24, 2.45) is 0 Å². The van der Waals surface area contributed by atoms with Gasteiger partial charge in [-0.1, -0.05) is 62.4 Å². The summed E-state index contributed by atoms with van der Waals surface area (Å²) in [6.45, 7) is 6.50. The molecule has 0 saturated heterocycles. The highest BCUT2D eigenvalue weighted by atomic mass is 16.1. The molecule has 2 rings (SSSR count). The fourth-order valence-electron chi connectivity index (χ4n) is 2.21. The topological polar surface area (TPSA) is 29.1 Å². The van der Waals surface area contributed by atoms with E-state index in [1.54, 1.807) is 6.92 Å². The molecule has 0 fully saturated rings. The van der Waals surface area contributed by atoms with E-state index in [1.165, 1.54) is 16.7 Å². The van der Waals surface area contributed by atoms with Crippen LogP contribution in [-0.2, 0) is 11.3 Å². The fraction of sp³-hybridized carbons (Fsp3) is 0.278. The maximum Gasteiger partial charge on any atom is 0.217 e. The quantitative estimate of drug-likeness (QED) is 0.887. The number of benzene rings is 2. The van der Waals surface area contributed by atoms with Gasteiger partial charge in [-0.3, -0.25) is 4.79 Å². The average Bonchev–Trinajstić information content (AvgIpc) is 2.45. The van der Waals surface area contributed by atoms with Crippen LogP contribution in [0.25, 0.3) is 11.1 Å².